The van der Waals surface area contributed by atoms with Crippen LogP contribution in [0.2, 0.25) is 0 Å². The van der Waals surface area contributed by atoms with Crippen LogP contribution in [0, 0.1) is 0 Å². The topological polar surface area (TPSA) is 35.5 Å². The van der Waals surface area contributed by atoms with Crippen LogP contribution in [0.15, 0.2) is 11.6 Å². The SMILES string of the molecule is C/C=C(\C)CP1(=O)OC(C)(C)C(C)(C)O1. The van der Waals surface area contributed by atoms with Gasteiger partial charge in [0.2, 0.25) is 0 Å². The molecule has 15 heavy (non-hydrogen) atoms. The van der Waals surface area contributed by atoms with Crippen molar-refractivity contribution in [1.82, 2.24) is 0 Å². The van der Waals surface area contributed by atoms with Crippen LogP contribution in [0.25, 0.3) is 0 Å². The molecule has 0 aromatic carbocycles. The summed E-state index contributed by atoms with van der Waals surface area (Å²) >= 11 is 0. The van der Waals surface area contributed by atoms with Crippen LogP contribution in [0.5, 0.6) is 0 Å². The summed E-state index contributed by atoms with van der Waals surface area (Å²) in [6, 6.07) is 0. The molecular weight excluding hydrogens is 211 g/mol. The van der Waals surface area contributed by atoms with Crippen molar-refractivity contribution in [3.63, 3.8) is 0 Å². The third kappa shape index (κ3) is 2.52. The van der Waals surface area contributed by atoms with Gasteiger partial charge in [0.25, 0.3) is 0 Å². The summed E-state index contributed by atoms with van der Waals surface area (Å²) in [5.41, 5.74) is 0.0273. The Hall–Kier alpha value is -0.110. The first-order valence-corrected chi connectivity index (χ1v) is 6.97. The molecule has 0 amide bonds. The van der Waals surface area contributed by atoms with Gasteiger partial charge in [0.1, 0.15) is 11.2 Å². The number of rotatable bonds is 2. The summed E-state index contributed by atoms with van der Waals surface area (Å²) in [6.45, 7) is 11.5. The maximum absolute atomic E-state index is 12.3. The number of hydrogen-bond donors (Lipinski definition) is 0. The molecule has 0 aliphatic carbocycles. The van der Waals surface area contributed by atoms with Crippen molar-refractivity contribution >= 4 is 7.60 Å². The molecule has 1 heterocycles. The van der Waals surface area contributed by atoms with E-state index in [0.717, 1.165) is 5.57 Å². The normalized spacial score (nSPS) is 28.0. The predicted octanol–water partition coefficient (Wildman–Crippen LogP) is 3.75. The Bertz CT molecular complexity index is 309. The van der Waals surface area contributed by atoms with Crippen LogP contribution in [-0.4, -0.2) is 17.4 Å². The Morgan fingerprint density at radius 1 is 1.20 bits per heavy atom. The molecule has 0 aromatic rings. The zero-order valence-electron chi connectivity index (χ0n) is 10.5. The Morgan fingerprint density at radius 2 is 1.60 bits per heavy atom. The minimum absolute atomic E-state index is 0.385. The zero-order chi connectivity index (χ0) is 11.9. The molecular formula is C11H21O3P. The first-order chi connectivity index (χ1) is 6.62. The van der Waals surface area contributed by atoms with Crippen molar-refractivity contribution < 1.29 is 13.6 Å². The van der Waals surface area contributed by atoms with Gasteiger partial charge < -0.3 is 0 Å². The molecule has 0 unspecified atom stereocenters. The van der Waals surface area contributed by atoms with Gasteiger partial charge in [-0.15, -0.1) is 0 Å². The zero-order valence-corrected chi connectivity index (χ0v) is 11.4. The highest BCUT2D eigenvalue weighted by Crippen LogP contribution is 2.64. The third-order valence-corrected chi connectivity index (χ3v) is 5.48. The molecule has 1 aliphatic rings. The van der Waals surface area contributed by atoms with E-state index in [1.807, 2.05) is 47.6 Å². The second kappa shape index (κ2) is 3.73. The quantitative estimate of drug-likeness (QED) is 0.537. The van der Waals surface area contributed by atoms with Crippen LogP contribution >= 0.6 is 7.60 Å². The Kier molecular flexibility index (Phi) is 3.22. The van der Waals surface area contributed by atoms with Crippen LogP contribution in [0.4, 0.5) is 0 Å². The molecule has 0 N–H and O–H groups in total. The summed E-state index contributed by atoms with van der Waals surface area (Å²) in [5, 5.41) is 0. The number of allylic oxidation sites excluding steroid dienone is 2. The first kappa shape index (κ1) is 13.0. The highest BCUT2D eigenvalue weighted by atomic mass is 31.2. The summed E-state index contributed by atoms with van der Waals surface area (Å²) < 4.78 is 23.6. The molecule has 4 heteroatoms. The molecule has 1 saturated heterocycles. The van der Waals surface area contributed by atoms with Gasteiger partial charge in [0.05, 0.1) is 6.16 Å². The van der Waals surface area contributed by atoms with Gasteiger partial charge in [-0.05, 0) is 41.5 Å². The fraction of sp³-hybridized carbons (Fsp3) is 0.818. The van der Waals surface area contributed by atoms with Gasteiger partial charge in [-0.25, -0.2) is 0 Å². The van der Waals surface area contributed by atoms with Gasteiger partial charge in [-0.3, -0.25) is 13.6 Å². The maximum atomic E-state index is 12.3. The Morgan fingerprint density at radius 3 is 1.93 bits per heavy atom. The van der Waals surface area contributed by atoms with Crippen molar-refractivity contribution in [1.29, 1.82) is 0 Å². The Balaban J connectivity index is 2.90. The van der Waals surface area contributed by atoms with E-state index in [4.69, 9.17) is 9.05 Å². The largest absolute Gasteiger partial charge is 0.335 e. The summed E-state index contributed by atoms with van der Waals surface area (Å²) in [4.78, 5) is 0. The molecule has 1 rings (SSSR count). The molecule has 0 saturated carbocycles. The summed E-state index contributed by atoms with van der Waals surface area (Å²) in [5.74, 6) is 0. The highest BCUT2D eigenvalue weighted by Gasteiger charge is 2.54. The standard InChI is InChI=1S/C11H21O3P/c1-7-9(2)8-15(12)13-10(3,4)11(5,6)14-15/h7H,8H2,1-6H3/b9-7+. The van der Waals surface area contributed by atoms with Gasteiger partial charge >= 0.3 is 7.60 Å². The molecule has 1 aliphatic heterocycles. The smallest absolute Gasteiger partial charge is 0.299 e. The van der Waals surface area contributed by atoms with E-state index in [0.29, 0.717) is 6.16 Å². The lowest BCUT2D eigenvalue weighted by Crippen LogP contribution is -2.41. The number of hydrogen-bond acceptors (Lipinski definition) is 3. The van der Waals surface area contributed by atoms with Gasteiger partial charge in [-0.1, -0.05) is 11.6 Å². The van der Waals surface area contributed by atoms with E-state index < -0.39 is 18.8 Å². The van der Waals surface area contributed by atoms with E-state index >= 15 is 0 Å². The predicted molar refractivity (Wildman–Crippen MR) is 62.2 cm³/mol. The minimum atomic E-state index is -2.95. The molecule has 3 nitrogen and oxygen atoms in total. The van der Waals surface area contributed by atoms with Crippen LogP contribution in [-0.2, 0) is 13.6 Å². The van der Waals surface area contributed by atoms with E-state index in [2.05, 4.69) is 0 Å². The lowest BCUT2D eigenvalue weighted by Gasteiger charge is -2.29. The Labute approximate surface area is 92.4 Å². The van der Waals surface area contributed by atoms with Crippen molar-refractivity contribution in [3.8, 4) is 0 Å². The average molecular weight is 232 g/mol. The van der Waals surface area contributed by atoms with Gasteiger partial charge in [0, 0.05) is 0 Å². The maximum Gasteiger partial charge on any atom is 0.335 e. The van der Waals surface area contributed by atoms with Crippen molar-refractivity contribution in [2.24, 2.45) is 0 Å². The van der Waals surface area contributed by atoms with Crippen LogP contribution < -0.4 is 0 Å². The molecule has 0 bridgehead atoms. The molecule has 0 aromatic heterocycles. The minimum Gasteiger partial charge on any atom is -0.299 e. The molecule has 0 atom stereocenters. The van der Waals surface area contributed by atoms with Gasteiger partial charge in [0.15, 0.2) is 0 Å². The van der Waals surface area contributed by atoms with E-state index in [9.17, 15) is 4.57 Å². The molecule has 88 valence electrons. The molecule has 1 fully saturated rings. The lowest BCUT2D eigenvalue weighted by atomic mass is 9.90. The monoisotopic (exact) mass is 232 g/mol. The fourth-order valence-electron chi connectivity index (χ4n) is 1.40. The fourth-order valence-corrected chi connectivity index (χ4v) is 4.19. The summed E-state index contributed by atoms with van der Waals surface area (Å²) in [6.07, 6.45) is 2.32. The van der Waals surface area contributed by atoms with E-state index in [1.54, 1.807) is 0 Å². The molecule has 0 spiro atoms. The van der Waals surface area contributed by atoms with Crippen molar-refractivity contribution in [3.05, 3.63) is 11.6 Å². The van der Waals surface area contributed by atoms with Crippen molar-refractivity contribution in [2.45, 2.75) is 52.7 Å². The van der Waals surface area contributed by atoms with Crippen LogP contribution in [0.1, 0.15) is 41.5 Å². The lowest BCUT2D eigenvalue weighted by molar-refractivity contribution is 0.00578. The van der Waals surface area contributed by atoms with Gasteiger partial charge in [-0.2, -0.15) is 0 Å². The van der Waals surface area contributed by atoms with E-state index in [-0.39, 0.29) is 0 Å². The van der Waals surface area contributed by atoms with E-state index in [1.165, 1.54) is 0 Å². The average Bonchev–Trinajstić information content (AvgIpc) is 2.15. The van der Waals surface area contributed by atoms with Crippen LogP contribution in [0.3, 0.4) is 0 Å². The van der Waals surface area contributed by atoms with Crippen molar-refractivity contribution in [2.75, 3.05) is 6.16 Å². The molecule has 0 radical (unpaired) electrons. The first-order valence-electron chi connectivity index (χ1n) is 5.24. The second-order valence-corrected chi connectivity index (χ2v) is 7.01. The highest BCUT2D eigenvalue weighted by molar-refractivity contribution is 7.54. The second-order valence-electron chi connectivity index (χ2n) is 5.11. The summed E-state index contributed by atoms with van der Waals surface area (Å²) in [7, 11) is -2.95. The third-order valence-electron chi connectivity index (χ3n) is 3.12.